The highest BCUT2D eigenvalue weighted by Gasteiger charge is 2.17. The van der Waals surface area contributed by atoms with Gasteiger partial charge in [0.15, 0.2) is 5.78 Å². The molecule has 0 aliphatic carbocycles. The van der Waals surface area contributed by atoms with Crippen LogP contribution in [-0.2, 0) is 6.54 Å². The van der Waals surface area contributed by atoms with E-state index in [0.717, 1.165) is 15.9 Å². The number of rotatable bonds is 6. The first-order chi connectivity index (χ1) is 11.6. The number of anilines is 1. The van der Waals surface area contributed by atoms with Crippen LogP contribution in [0.5, 0.6) is 0 Å². The summed E-state index contributed by atoms with van der Waals surface area (Å²) in [5.41, 5.74) is 1.78. The van der Waals surface area contributed by atoms with Crippen LogP contribution >= 0.6 is 27.3 Å². The Morgan fingerprint density at radius 2 is 1.96 bits per heavy atom. The number of benzene rings is 1. The lowest BCUT2D eigenvalue weighted by Gasteiger charge is -2.24. The monoisotopic (exact) mass is 400 g/mol. The molecule has 0 aliphatic rings. The molecule has 0 unspecified atom stereocenters. The minimum atomic E-state index is 0.0871. The van der Waals surface area contributed by atoms with E-state index in [9.17, 15) is 4.79 Å². The summed E-state index contributed by atoms with van der Waals surface area (Å²) in [7, 11) is 0. The third kappa shape index (κ3) is 4.10. The molecule has 3 nitrogen and oxygen atoms in total. The van der Waals surface area contributed by atoms with Crippen LogP contribution in [-0.4, -0.2) is 17.3 Å². The third-order valence-corrected chi connectivity index (χ3v) is 5.10. The molecule has 24 heavy (non-hydrogen) atoms. The average molecular weight is 401 g/mol. The maximum absolute atomic E-state index is 12.7. The summed E-state index contributed by atoms with van der Waals surface area (Å²) in [6.07, 6.45) is 1.77. The number of carbonyl (C=O) groups excluding carboxylic acids is 1. The molecule has 5 heteroatoms. The van der Waals surface area contributed by atoms with Crippen molar-refractivity contribution in [2.75, 3.05) is 11.4 Å². The second-order valence-electron chi connectivity index (χ2n) is 5.51. The summed E-state index contributed by atoms with van der Waals surface area (Å²) in [6.45, 7) is 3.00. The molecular weight excluding hydrogens is 384 g/mol. The number of nitrogens with zero attached hydrogens (tertiary/aromatic N) is 2. The van der Waals surface area contributed by atoms with Crippen molar-refractivity contribution < 1.29 is 4.79 Å². The van der Waals surface area contributed by atoms with Crippen molar-refractivity contribution in [3.8, 4) is 0 Å². The number of hydrogen-bond donors (Lipinski definition) is 0. The predicted molar refractivity (Wildman–Crippen MR) is 103 cm³/mol. The summed E-state index contributed by atoms with van der Waals surface area (Å²) in [5.74, 6) is 0.945. The van der Waals surface area contributed by atoms with Gasteiger partial charge in [0.05, 0.1) is 13.1 Å². The van der Waals surface area contributed by atoms with Gasteiger partial charge in [0.1, 0.15) is 5.82 Å². The number of aromatic nitrogens is 1. The first-order valence-corrected chi connectivity index (χ1v) is 9.28. The molecule has 0 N–H and O–H groups in total. The zero-order valence-corrected chi connectivity index (χ0v) is 15.7. The fraction of sp³-hybridized carbons (Fsp3) is 0.158. The molecule has 0 bridgehead atoms. The Balaban J connectivity index is 1.85. The lowest BCUT2D eigenvalue weighted by molar-refractivity contribution is 0.0998. The summed E-state index contributed by atoms with van der Waals surface area (Å²) < 4.78 is 0.968. The van der Waals surface area contributed by atoms with Crippen molar-refractivity contribution in [1.29, 1.82) is 0 Å². The predicted octanol–water partition coefficient (Wildman–Crippen LogP) is 5.10. The highest BCUT2D eigenvalue weighted by Crippen LogP contribution is 2.21. The molecule has 3 rings (SSSR count). The van der Waals surface area contributed by atoms with Gasteiger partial charge in [0.2, 0.25) is 0 Å². The minimum Gasteiger partial charge on any atom is -0.344 e. The maximum Gasteiger partial charge on any atom is 0.182 e. The van der Waals surface area contributed by atoms with Crippen LogP contribution < -0.4 is 4.90 Å². The molecule has 1 aromatic carbocycles. The van der Waals surface area contributed by atoms with Gasteiger partial charge in [-0.15, -0.1) is 11.3 Å². The van der Waals surface area contributed by atoms with Gasteiger partial charge < -0.3 is 4.90 Å². The molecule has 2 aromatic heterocycles. The van der Waals surface area contributed by atoms with E-state index in [1.54, 1.807) is 17.5 Å². The van der Waals surface area contributed by atoms with E-state index in [-0.39, 0.29) is 5.78 Å². The van der Waals surface area contributed by atoms with Gasteiger partial charge in [-0.3, -0.25) is 4.79 Å². The van der Waals surface area contributed by atoms with Crippen LogP contribution in [0.3, 0.4) is 0 Å². The fourth-order valence-electron chi connectivity index (χ4n) is 2.51. The fourth-order valence-corrected chi connectivity index (χ4v) is 3.49. The lowest BCUT2D eigenvalue weighted by atomic mass is 10.1. The van der Waals surface area contributed by atoms with E-state index in [1.807, 2.05) is 54.3 Å². The van der Waals surface area contributed by atoms with Crippen LogP contribution in [0.2, 0.25) is 0 Å². The molecule has 2 heterocycles. The molecule has 0 saturated carbocycles. The number of halogens is 1. The van der Waals surface area contributed by atoms with E-state index in [1.165, 1.54) is 4.88 Å². The average Bonchev–Trinajstić information content (AvgIpc) is 3.08. The van der Waals surface area contributed by atoms with E-state index >= 15 is 0 Å². The van der Waals surface area contributed by atoms with Crippen LogP contribution in [0, 0.1) is 6.92 Å². The molecule has 0 aliphatic heterocycles. The highest BCUT2D eigenvalue weighted by atomic mass is 79.9. The van der Waals surface area contributed by atoms with Gasteiger partial charge in [0.25, 0.3) is 0 Å². The Morgan fingerprint density at radius 1 is 1.17 bits per heavy atom. The Labute approximate surface area is 154 Å². The van der Waals surface area contributed by atoms with Crippen molar-refractivity contribution in [2.24, 2.45) is 0 Å². The molecule has 0 amide bonds. The Bertz CT molecular complexity index is 816. The number of aryl methyl sites for hydroxylation is 1. The van der Waals surface area contributed by atoms with Gasteiger partial charge in [-0.2, -0.15) is 0 Å². The van der Waals surface area contributed by atoms with Gasteiger partial charge in [-0.05, 0) is 42.1 Å². The van der Waals surface area contributed by atoms with E-state index in [0.29, 0.717) is 18.7 Å². The third-order valence-electron chi connectivity index (χ3n) is 3.71. The van der Waals surface area contributed by atoms with Crippen molar-refractivity contribution in [1.82, 2.24) is 4.98 Å². The molecule has 0 spiro atoms. The van der Waals surface area contributed by atoms with Gasteiger partial charge in [0, 0.05) is 21.1 Å². The van der Waals surface area contributed by atoms with Crippen molar-refractivity contribution in [3.05, 3.63) is 80.6 Å². The van der Waals surface area contributed by atoms with E-state index in [2.05, 4.69) is 32.4 Å². The smallest absolute Gasteiger partial charge is 0.182 e. The molecular formula is C19H17BrN2OS. The summed E-state index contributed by atoms with van der Waals surface area (Å²) in [4.78, 5) is 20.4. The highest BCUT2D eigenvalue weighted by molar-refractivity contribution is 9.10. The van der Waals surface area contributed by atoms with Crippen LogP contribution in [0.25, 0.3) is 0 Å². The van der Waals surface area contributed by atoms with Gasteiger partial charge in [-0.25, -0.2) is 4.98 Å². The minimum absolute atomic E-state index is 0.0871. The van der Waals surface area contributed by atoms with Crippen molar-refractivity contribution in [3.63, 3.8) is 0 Å². The number of hydrogen-bond acceptors (Lipinski definition) is 4. The Hall–Kier alpha value is -1.98. The van der Waals surface area contributed by atoms with Crippen LogP contribution in [0.1, 0.15) is 20.8 Å². The van der Waals surface area contributed by atoms with Crippen molar-refractivity contribution >= 4 is 38.9 Å². The maximum atomic E-state index is 12.7. The number of ketones is 1. The second-order valence-corrected chi connectivity index (χ2v) is 7.46. The van der Waals surface area contributed by atoms with Crippen LogP contribution in [0.4, 0.5) is 5.82 Å². The number of pyridine rings is 1. The number of carbonyl (C=O) groups is 1. The first kappa shape index (κ1) is 16.9. The van der Waals surface area contributed by atoms with Crippen LogP contribution in [0.15, 0.2) is 64.6 Å². The van der Waals surface area contributed by atoms with E-state index in [4.69, 9.17) is 0 Å². The lowest BCUT2D eigenvalue weighted by Crippen LogP contribution is -2.30. The van der Waals surface area contributed by atoms with Gasteiger partial charge in [-0.1, -0.05) is 40.2 Å². The molecule has 0 fully saturated rings. The summed E-state index contributed by atoms with van der Waals surface area (Å²) in [6, 6.07) is 15.5. The molecule has 3 aromatic rings. The Morgan fingerprint density at radius 3 is 2.62 bits per heavy atom. The summed E-state index contributed by atoms with van der Waals surface area (Å²) >= 11 is 5.09. The SMILES string of the molecule is Cc1cccnc1N(CC(=O)c1ccc(Br)cc1)Cc1cccs1. The molecule has 122 valence electrons. The largest absolute Gasteiger partial charge is 0.344 e. The number of Topliss-reactive ketones (excluding diaryl/α,β-unsaturated/α-hetero) is 1. The van der Waals surface area contributed by atoms with Crippen molar-refractivity contribution in [2.45, 2.75) is 13.5 Å². The quantitative estimate of drug-likeness (QED) is 0.539. The van der Waals surface area contributed by atoms with E-state index < -0.39 is 0 Å². The first-order valence-electron chi connectivity index (χ1n) is 7.61. The van der Waals surface area contributed by atoms with Gasteiger partial charge >= 0.3 is 0 Å². The second kappa shape index (κ2) is 7.73. The summed E-state index contributed by atoms with van der Waals surface area (Å²) in [5, 5.41) is 2.05. The standard InChI is InChI=1S/C19H17BrN2OS/c1-14-4-2-10-21-19(14)22(12-17-5-3-11-24-17)13-18(23)15-6-8-16(20)9-7-15/h2-11H,12-13H2,1H3. The molecule has 0 atom stereocenters. The Kier molecular flexibility index (Phi) is 5.43. The zero-order valence-electron chi connectivity index (χ0n) is 13.3. The normalized spacial score (nSPS) is 10.6. The topological polar surface area (TPSA) is 33.2 Å². The molecule has 0 saturated heterocycles. The zero-order chi connectivity index (χ0) is 16.9. The number of thiophene rings is 1. The molecule has 0 radical (unpaired) electrons.